The second-order valence-electron chi connectivity index (χ2n) is 5.33. The molecule has 0 aromatic heterocycles. The van der Waals surface area contributed by atoms with Gasteiger partial charge < -0.3 is 10.4 Å². The first-order chi connectivity index (χ1) is 7.99. The summed E-state index contributed by atoms with van der Waals surface area (Å²) in [4.78, 5) is 22.4. The third-order valence-electron chi connectivity index (χ3n) is 3.67. The van der Waals surface area contributed by atoms with Crippen molar-refractivity contribution < 1.29 is 14.7 Å². The molecule has 1 aliphatic rings. The Kier molecular flexibility index (Phi) is 4.97. The molecule has 2 atom stereocenters. The van der Waals surface area contributed by atoms with E-state index >= 15 is 0 Å². The van der Waals surface area contributed by atoms with Crippen LogP contribution < -0.4 is 5.32 Å². The van der Waals surface area contributed by atoms with Gasteiger partial charge in [0.15, 0.2) is 0 Å². The van der Waals surface area contributed by atoms with Gasteiger partial charge >= 0.3 is 5.97 Å². The summed E-state index contributed by atoms with van der Waals surface area (Å²) in [7, 11) is 0. The summed E-state index contributed by atoms with van der Waals surface area (Å²) in [6.07, 6.45) is 6.93. The third kappa shape index (κ3) is 3.72. The molecule has 1 aliphatic heterocycles. The van der Waals surface area contributed by atoms with E-state index in [1.165, 1.54) is 19.3 Å². The molecule has 0 aromatic carbocycles. The minimum absolute atomic E-state index is 0.131. The highest BCUT2D eigenvalue weighted by Crippen LogP contribution is 2.37. The average Bonchev–Trinajstić information content (AvgIpc) is 2.54. The number of aliphatic carboxylic acids is 1. The molecule has 17 heavy (non-hydrogen) atoms. The monoisotopic (exact) mass is 241 g/mol. The van der Waals surface area contributed by atoms with Crippen LogP contribution in [0.25, 0.3) is 0 Å². The zero-order chi connectivity index (χ0) is 12.9. The molecule has 1 rings (SSSR count). The predicted molar refractivity (Wildman–Crippen MR) is 65.7 cm³/mol. The molecule has 4 nitrogen and oxygen atoms in total. The number of nitrogens with one attached hydrogen (secondary N) is 1. The Hall–Kier alpha value is -1.06. The van der Waals surface area contributed by atoms with Gasteiger partial charge in [0.2, 0.25) is 5.91 Å². The van der Waals surface area contributed by atoms with Crippen LogP contribution in [0.4, 0.5) is 0 Å². The molecule has 1 saturated heterocycles. The number of carbonyl (C=O) groups excluding carboxylic acids is 1. The molecule has 0 radical (unpaired) electrons. The van der Waals surface area contributed by atoms with Crippen LogP contribution in [0.3, 0.4) is 0 Å². The van der Waals surface area contributed by atoms with E-state index in [1.807, 2.05) is 6.92 Å². The Morgan fingerprint density at radius 2 is 2.06 bits per heavy atom. The molecule has 4 heteroatoms. The van der Waals surface area contributed by atoms with Crippen molar-refractivity contribution in [3.05, 3.63) is 0 Å². The fraction of sp³-hybridized carbons (Fsp3) is 0.846. The highest BCUT2D eigenvalue weighted by molar-refractivity contribution is 5.89. The molecular formula is C13H23NO3. The number of rotatable bonds is 7. The second-order valence-corrected chi connectivity index (χ2v) is 5.33. The van der Waals surface area contributed by atoms with Crippen molar-refractivity contribution in [1.82, 2.24) is 5.32 Å². The topological polar surface area (TPSA) is 66.4 Å². The Morgan fingerprint density at radius 1 is 1.41 bits per heavy atom. The second kappa shape index (κ2) is 6.03. The van der Waals surface area contributed by atoms with E-state index in [0.29, 0.717) is 6.42 Å². The van der Waals surface area contributed by atoms with Crippen molar-refractivity contribution in [1.29, 1.82) is 0 Å². The van der Waals surface area contributed by atoms with Crippen LogP contribution in [0.5, 0.6) is 0 Å². The molecule has 98 valence electrons. The minimum Gasteiger partial charge on any atom is -0.480 e. The van der Waals surface area contributed by atoms with E-state index in [-0.39, 0.29) is 5.91 Å². The van der Waals surface area contributed by atoms with Crippen molar-refractivity contribution >= 4 is 11.9 Å². The predicted octanol–water partition coefficient (Wildman–Crippen LogP) is 2.33. The van der Waals surface area contributed by atoms with Gasteiger partial charge in [-0.3, -0.25) is 4.79 Å². The summed E-state index contributed by atoms with van der Waals surface area (Å²) in [6.45, 7) is 4.07. The number of carboxylic acid groups (broad SMARTS) is 1. The lowest BCUT2D eigenvalue weighted by Crippen LogP contribution is -2.42. The number of hydrogen-bond donors (Lipinski definition) is 2. The molecule has 0 bridgehead atoms. The van der Waals surface area contributed by atoms with Gasteiger partial charge in [0, 0.05) is 11.8 Å². The van der Waals surface area contributed by atoms with Gasteiger partial charge in [-0.2, -0.15) is 0 Å². The van der Waals surface area contributed by atoms with Crippen molar-refractivity contribution in [3.63, 3.8) is 0 Å². The van der Waals surface area contributed by atoms with E-state index in [9.17, 15) is 9.59 Å². The first kappa shape index (κ1) is 14.0. The third-order valence-corrected chi connectivity index (χ3v) is 3.67. The lowest BCUT2D eigenvalue weighted by atomic mass is 9.78. The van der Waals surface area contributed by atoms with Gasteiger partial charge in [-0.25, -0.2) is 4.79 Å². The van der Waals surface area contributed by atoms with Crippen LogP contribution in [-0.2, 0) is 9.59 Å². The number of carbonyl (C=O) groups is 2. The summed E-state index contributed by atoms with van der Waals surface area (Å²) in [5.74, 6) is -1.04. The van der Waals surface area contributed by atoms with E-state index in [1.54, 1.807) is 0 Å². The van der Waals surface area contributed by atoms with E-state index in [4.69, 9.17) is 5.11 Å². The number of amides is 1. The molecule has 2 N–H and O–H groups in total. The number of unbranched alkanes of at least 4 members (excludes halogenated alkanes) is 4. The van der Waals surface area contributed by atoms with Crippen molar-refractivity contribution in [3.8, 4) is 0 Å². The number of hydrogen-bond acceptors (Lipinski definition) is 2. The molecule has 1 fully saturated rings. The quantitative estimate of drug-likeness (QED) is 0.672. The largest absolute Gasteiger partial charge is 0.480 e. The van der Waals surface area contributed by atoms with Crippen LogP contribution in [-0.4, -0.2) is 23.0 Å². The van der Waals surface area contributed by atoms with Gasteiger partial charge in [0.05, 0.1) is 0 Å². The smallest absolute Gasteiger partial charge is 0.326 e. The van der Waals surface area contributed by atoms with Crippen LogP contribution in [0.2, 0.25) is 0 Å². The first-order valence-electron chi connectivity index (χ1n) is 6.52. The average molecular weight is 241 g/mol. The number of carboxylic acids is 1. The van der Waals surface area contributed by atoms with E-state index in [2.05, 4.69) is 12.2 Å². The van der Waals surface area contributed by atoms with Gasteiger partial charge in [-0.1, -0.05) is 46.0 Å². The molecule has 2 unspecified atom stereocenters. The van der Waals surface area contributed by atoms with Gasteiger partial charge in [0.25, 0.3) is 0 Å². The molecular weight excluding hydrogens is 218 g/mol. The van der Waals surface area contributed by atoms with Crippen molar-refractivity contribution in [2.75, 3.05) is 0 Å². The Morgan fingerprint density at radius 3 is 2.65 bits per heavy atom. The lowest BCUT2D eigenvalue weighted by Gasteiger charge is -2.27. The fourth-order valence-electron chi connectivity index (χ4n) is 2.58. The van der Waals surface area contributed by atoms with Crippen LogP contribution in [0.1, 0.15) is 58.8 Å². The van der Waals surface area contributed by atoms with Gasteiger partial charge in [-0.05, 0) is 6.42 Å². The Labute approximate surface area is 103 Å². The summed E-state index contributed by atoms with van der Waals surface area (Å²) >= 11 is 0. The molecule has 1 amide bonds. The van der Waals surface area contributed by atoms with Crippen molar-refractivity contribution in [2.24, 2.45) is 5.41 Å². The summed E-state index contributed by atoms with van der Waals surface area (Å²) in [5, 5.41) is 11.7. The van der Waals surface area contributed by atoms with Gasteiger partial charge in [0.1, 0.15) is 6.04 Å². The Balaban J connectivity index is 2.43. The highest BCUT2D eigenvalue weighted by atomic mass is 16.4. The molecule has 0 saturated carbocycles. The lowest BCUT2D eigenvalue weighted by molar-refractivity contribution is -0.142. The zero-order valence-electron chi connectivity index (χ0n) is 10.8. The molecule has 1 heterocycles. The summed E-state index contributed by atoms with van der Waals surface area (Å²) in [5.41, 5.74) is -0.408. The standard InChI is InChI=1S/C13H23NO3/c1-3-4-5-6-7-8-13(2)9-10(15)14-11(13)12(16)17/h11H,3-9H2,1-2H3,(H,14,15)(H,16,17). The van der Waals surface area contributed by atoms with E-state index < -0.39 is 17.4 Å². The van der Waals surface area contributed by atoms with Crippen LogP contribution in [0, 0.1) is 5.41 Å². The zero-order valence-corrected chi connectivity index (χ0v) is 10.8. The molecule has 0 spiro atoms. The fourth-order valence-corrected chi connectivity index (χ4v) is 2.58. The molecule has 0 aromatic rings. The maximum absolute atomic E-state index is 11.3. The van der Waals surface area contributed by atoms with Gasteiger partial charge in [-0.15, -0.1) is 0 Å². The van der Waals surface area contributed by atoms with Crippen LogP contribution >= 0.6 is 0 Å². The summed E-state index contributed by atoms with van der Waals surface area (Å²) < 4.78 is 0. The first-order valence-corrected chi connectivity index (χ1v) is 6.52. The molecule has 0 aliphatic carbocycles. The SMILES string of the molecule is CCCCCCCC1(C)CC(=O)NC1C(=O)O. The maximum Gasteiger partial charge on any atom is 0.326 e. The summed E-state index contributed by atoms with van der Waals surface area (Å²) in [6, 6.07) is -0.707. The normalized spacial score (nSPS) is 28.1. The van der Waals surface area contributed by atoms with Crippen molar-refractivity contribution in [2.45, 2.75) is 64.8 Å². The Bertz CT molecular complexity index is 290. The maximum atomic E-state index is 11.3. The van der Waals surface area contributed by atoms with E-state index in [0.717, 1.165) is 19.3 Å². The minimum atomic E-state index is -0.910. The van der Waals surface area contributed by atoms with Crippen LogP contribution in [0.15, 0.2) is 0 Å². The highest BCUT2D eigenvalue weighted by Gasteiger charge is 2.46.